The highest BCUT2D eigenvalue weighted by Gasteiger charge is 2.30. The summed E-state index contributed by atoms with van der Waals surface area (Å²) in [5.74, 6) is 0.282. The summed E-state index contributed by atoms with van der Waals surface area (Å²) >= 11 is 12.0. The summed E-state index contributed by atoms with van der Waals surface area (Å²) < 4.78 is 37.9. The Morgan fingerprint density at radius 1 is 1.10 bits per heavy atom. The molecule has 0 saturated carbocycles. The van der Waals surface area contributed by atoms with Gasteiger partial charge in [-0.05, 0) is 36.0 Å². The first-order valence-electron chi connectivity index (χ1n) is 8.00. The van der Waals surface area contributed by atoms with E-state index in [1.807, 2.05) is 0 Å². The molecule has 0 spiro atoms. The maximum absolute atomic E-state index is 12.6. The van der Waals surface area contributed by atoms with Crippen LogP contribution in [0.3, 0.4) is 0 Å². The largest absolute Gasteiger partial charge is 0.446 e. The maximum Gasteiger partial charge on any atom is 0.446 e. The number of alkyl halides is 3. The summed E-state index contributed by atoms with van der Waals surface area (Å²) in [4.78, 5) is 23.4. The number of halogens is 5. The van der Waals surface area contributed by atoms with E-state index in [9.17, 15) is 18.0 Å². The average Bonchev–Trinajstić information content (AvgIpc) is 2.63. The van der Waals surface area contributed by atoms with Crippen molar-refractivity contribution in [3.63, 3.8) is 0 Å². The van der Waals surface area contributed by atoms with Crippen LogP contribution in [0, 0.1) is 0 Å². The van der Waals surface area contributed by atoms with Gasteiger partial charge < -0.3 is 10.3 Å². The molecule has 11 heteroatoms. The predicted molar refractivity (Wildman–Crippen MR) is 109 cm³/mol. The number of thioether (sulfide) groups is 1. The fraction of sp³-hybridized carbons (Fsp3) is 0.0556. The number of benzene rings is 1. The zero-order valence-electron chi connectivity index (χ0n) is 14.1. The molecule has 148 valence electrons. The molecular formula is C18H9Cl2F3N4OS. The molecule has 0 atom stereocenters. The second-order valence-electron chi connectivity index (χ2n) is 5.88. The van der Waals surface area contributed by atoms with Gasteiger partial charge in [-0.2, -0.15) is 13.2 Å². The molecule has 0 radical (unpaired) electrons. The van der Waals surface area contributed by atoms with Gasteiger partial charge in [0.1, 0.15) is 5.82 Å². The number of rotatable bonds is 3. The van der Waals surface area contributed by atoms with Crippen molar-refractivity contribution in [2.75, 3.05) is 5.32 Å². The lowest BCUT2D eigenvalue weighted by atomic mass is 10.1. The number of nitrogens with zero attached hydrogens (tertiary/aromatic N) is 2. The Bertz CT molecular complexity index is 1290. The third-order valence-corrected chi connectivity index (χ3v) is 5.31. The summed E-state index contributed by atoms with van der Waals surface area (Å²) in [6.45, 7) is 0. The van der Waals surface area contributed by atoms with E-state index in [-0.39, 0.29) is 43.8 Å². The van der Waals surface area contributed by atoms with Crippen molar-refractivity contribution in [2.24, 2.45) is 0 Å². The van der Waals surface area contributed by atoms with Crippen LogP contribution in [-0.2, 0) is 0 Å². The highest BCUT2D eigenvalue weighted by molar-refractivity contribution is 8.00. The number of anilines is 2. The van der Waals surface area contributed by atoms with Gasteiger partial charge in [-0.1, -0.05) is 23.2 Å². The number of fused-ring (bicyclic) bond motifs is 3. The van der Waals surface area contributed by atoms with Crippen molar-refractivity contribution in [2.45, 2.75) is 10.4 Å². The van der Waals surface area contributed by atoms with E-state index in [4.69, 9.17) is 23.2 Å². The number of nitrogens with one attached hydrogen (secondary N) is 2. The second-order valence-corrected chi connectivity index (χ2v) is 7.84. The Balaban J connectivity index is 1.86. The number of H-pyrrole nitrogens is 1. The minimum absolute atomic E-state index is 0.0149. The molecule has 5 nitrogen and oxygen atoms in total. The van der Waals surface area contributed by atoms with Gasteiger partial charge in [-0.3, -0.25) is 9.78 Å². The van der Waals surface area contributed by atoms with E-state index in [0.717, 1.165) is 12.1 Å². The van der Waals surface area contributed by atoms with Gasteiger partial charge in [0, 0.05) is 34.3 Å². The molecule has 4 aromatic rings. The zero-order chi connectivity index (χ0) is 20.8. The van der Waals surface area contributed by atoms with Crippen LogP contribution in [0.2, 0.25) is 10.0 Å². The lowest BCUT2D eigenvalue weighted by Gasteiger charge is -2.15. The monoisotopic (exact) mass is 456 g/mol. The fourth-order valence-corrected chi connectivity index (χ4v) is 4.21. The lowest BCUT2D eigenvalue weighted by molar-refractivity contribution is -0.0328. The minimum atomic E-state index is -4.47. The third kappa shape index (κ3) is 3.98. The number of pyridine rings is 3. The Kier molecular flexibility index (Phi) is 5.05. The normalized spacial score (nSPS) is 11.9. The fourth-order valence-electron chi connectivity index (χ4n) is 2.88. The summed E-state index contributed by atoms with van der Waals surface area (Å²) in [6, 6.07) is 5.61. The molecule has 3 heterocycles. The molecule has 0 aliphatic heterocycles. The Labute approximate surface area is 175 Å². The average molecular weight is 457 g/mol. The quantitative estimate of drug-likeness (QED) is 0.286. The van der Waals surface area contributed by atoms with E-state index < -0.39 is 5.51 Å². The first-order valence-corrected chi connectivity index (χ1v) is 9.57. The summed E-state index contributed by atoms with van der Waals surface area (Å²) in [5, 5.41) is 4.33. The molecule has 0 fully saturated rings. The molecule has 0 aliphatic rings. The molecular weight excluding hydrogens is 448 g/mol. The number of aromatic amines is 1. The van der Waals surface area contributed by atoms with Crippen LogP contribution in [0.1, 0.15) is 0 Å². The summed E-state index contributed by atoms with van der Waals surface area (Å²) in [6.07, 6.45) is 4.53. The molecule has 2 N–H and O–H groups in total. The van der Waals surface area contributed by atoms with Gasteiger partial charge in [0.05, 0.1) is 26.6 Å². The predicted octanol–water partition coefficient (Wildman–Crippen LogP) is 6.13. The van der Waals surface area contributed by atoms with Crippen LogP contribution >= 0.6 is 35.0 Å². The van der Waals surface area contributed by atoms with E-state index in [1.165, 1.54) is 18.6 Å². The molecule has 0 amide bonds. The number of hydrogen-bond acceptors (Lipinski definition) is 5. The molecule has 29 heavy (non-hydrogen) atoms. The maximum atomic E-state index is 12.6. The summed E-state index contributed by atoms with van der Waals surface area (Å²) in [5.41, 5.74) is -4.11. The minimum Gasteiger partial charge on any atom is -0.337 e. The van der Waals surface area contributed by atoms with Crippen LogP contribution in [0.25, 0.3) is 21.7 Å². The Hall–Kier alpha value is -2.49. The van der Waals surface area contributed by atoms with E-state index in [1.54, 1.807) is 12.1 Å². The molecule has 0 bridgehead atoms. The second kappa shape index (κ2) is 7.40. The van der Waals surface area contributed by atoms with Crippen molar-refractivity contribution in [1.29, 1.82) is 0 Å². The standard InChI is InChI=1S/C18H9Cl2F3N4OS/c19-11-5-8(29-18(21,22)23)6-12(20)15(11)27-16-9-1-4-25-17(28)14(9)10-7-24-3-2-13(10)26-16/h1-7H,(H,25,28)(H,26,27). The Morgan fingerprint density at radius 3 is 2.52 bits per heavy atom. The van der Waals surface area contributed by atoms with Crippen LogP contribution in [0.5, 0.6) is 0 Å². The van der Waals surface area contributed by atoms with Crippen LogP contribution in [0.15, 0.2) is 52.5 Å². The van der Waals surface area contributed by atoms with E-state index in [0.29, 0.717) is 21.7 Å². The molecule has 1 aromatic carbocycles. The molecule has 3 aromatic heterocycles. The van der Waals surface area contributed by atoms with Crippen molar-refractivity contribution in [3.05, 3.63) is 63.3 Å². The summed E-state index contributed by atoms with van der Waals surface area (Å²) in [7, 11) is 0. The van der Waals surface area contributed by atoms with Gasteiger partial charge in [0.2, 0.25) is 0 Å². The topological polar surface area (TPSA) is 70.7 Å². The van der Waals surface area contributed by atoms with Gasteiger partial charge in [-0.15, -0.1) is 0 Å². The van der Waals surface area contributed by atoms with Gasteiger partial charge >= 0.3 is 5.51 Å². The van der Waals surface area contributed by atoms with Crippen molar-refractivity contribution in [1.82, 2.24) is 15.0 Å². The van der Waals surface area contributed by atoms with Gasteiger partial charge in [0.25, 0.3) is 5.56 Å². The van der Waals surface area contributed by atoms with Crippen LogP contribution < -0.4 is 10.9 Å². The van der Waals surface area contributed by atoms with Crippen molar-refractivity contribution >= 4 is 68.1 Å². The Morgan fingerprint density at radius 2 is 1.83 bits per heavy atom. The SMILES string of the molecule is O=c1[nH]ccc2c(Nc3c(Cl)cc(SC(F)(F)F)cc3Cl)nc3ccncc3c12. The number of hydrogen-bond donors (Lipinski definition) is 2. The van der Waals surface area contributed by atoms with Gasteiger partial charge in [0.15, 0.2) is 0 Å². The zero-order valence-corrected chi connectivity index (χ0v) is 16.5. The van der Waals surface area contributed by atoms with E-state index >= 15 is 0 Å². The first kappa shape index (κ1) is 19.8. The van der Waals surface area contributed by atoms with E-state index in [2.05, 4.69) is 20.3 Å². The first-order chi connectivity index (χ1) is 13.7. The number of aromatic nitrogens is 3. The van der Waals surface area contributed by atoms with Gasteiger partial charge in [-0.25, -0.2) is 4.98 Å². The van der Waals surface area contributed by atoms with Crippen molar-refractivity contribution in [3.8, 4) is 0 Å². The lowest BCUT2D eigenvalue weighted by Crippen LogP contribution is -2.08. The van der Waals surface area contributed by atoms with Crippen molar-refractivity contribution < 1.29 is 13.2 Å². The van der Waals surface area contributed by atoms with Crippen LogP contribution in [0.4, 0.5) is 24.7 Å². The molecule has 0 aliphatic carbocycles. The molecule has 0 unspecified atom stereocenters. The van der Waals surface area contributed by atoms with Crippen LogP contribution in [-0.4, -0.2) is 20.5 Å². The molecule has 4 rings (SSSR count). The molecule has 0 saturated heterocycles. The smallest absolute Gasteiger partial charge is 0.337 e. The third-order valence-electron chi connectivity index (χ3n) is 4.01. The highest BCUT2D eigenvalue weighted by Crippen LogP contribution is 2.43. The highest BCUT2D eigenvalue weighted by atomic mass is 35.5.